The van der Waals surface area contributed by atoms with E-state index in [1.807, 2.05) is 48.5 Å². The maximum Gasteiger partial charge on any atom is 0.266 e. The van der Waals surface area contributed by atoms with Crippen LogP contribution in [0, 0.1) is 11.3 Å². The molecule has 0 spiro atoms. The van der Waals surface area contributed by atoms with Crippen molar-refractivity contribution < 1.29 is 14.3 Å². The third-order valence-corrected chi connectivity index (χ3v) is 4.13. The maximum atomic E-state index is 12.6. The first-order chi connectivity index (χ1) is 12.8. The fourth-order valence-electron chi connectivity index (χ4n) is 2.89. The molecule has 0 bridgehead atoms. The monoisotopic (exact) mass is 342 g/mol. The van der Waals surface area contributed by atoms with E-state index in [0.29, 0.717) is 22.7 Å². The zero-order chi connectivity index (χ0) is 17.9. The molecule has 0 unspecified atom stereocenters. The molecule has 0 aliphatic carbocycles. The highest BCUT2D eigenvalue weighted by molar-refractivity contribution is 6.13. The fourth-order valence-corrected chi connectivity index (χ4v) is 2.89. The van der Waals surface area contributed by atoms with Crippen LogP contribution in [0.4, 0.5) is 5.69 Å². The molecular weight excluding hydrogens is 328 g/mol. The van der Waals surface area contributed by atoms with E-state index < -0.39 is 5.91 Å². The second kappa shape index (κ2) is 6.61. The van der Waals surface area contributed by atoms with E-state index in [9.17, 15) is 10.1 Å². The number of carbonyl (C=O) groups is 1. The van der Waals surface area contributed by atoms with Gasteiger partial charge in [-0.2, -0.15) is 5.26 Å². The number of carbonyl (C=O) groups excluding carboxylic acids is 1. The molecule has 26 heavy (non-hydrogen) atoms. The van der Waals surface area contributed by atoms with Crippen LogP contribution < -0.4 is 14.8 Å². The molecule has 0 atom stereocenters. The first-order valence-electron chi connectivity index (χ1n) is 8.06. The number of para-hydroxylation sites is 1. The van der Waals surface area contributed by atoms with Gasteiger partial charge in [-0.05, 0) is 23.6 Å². The van der Waals surface area contributed by atoms with Gasteiger partial charge >= 0.3 is 0 Å². The summed E-state index contributed by atoms with van der Waals surface area (Å²) in [6, 6.07) is 20.7. The van der Waals surface area contributed by atoms with Crippen LogP contribution in [-0.4, -0.2) is 12.7 Å². The first kappa shape index (κ1) is 15.7. The topological polar surface area (TPSA) is 71.3 Å². The van der Waals surface area contributed by atoms with Gasteiger partial charge in [0, 0.05) is 16.6 Å². The third kappa shape index (κ3) is 2.85. The predicted octanol–water partition coefficient (Wildman–Crippen LogP) is 4.11. The van der Waals surface area contributed by atoms with Crippen LogP contribution in [0.3, 0.4) is 0 Å². The fraction of sp³-hybridized carbons (Fsp3) is 0.0476. The van der Waals surface area contributed by atoms with Crippen molar-refractivity contribution in [2.45, 2.75) is 0 Å². The molecule has 126 valence electrons. The van der Waals surface area contributed by atoms with E-state index >= 15 is 0 Å². The van der Waals surface area contributed by atoms with Crippen molar-refractivity contribution >= 4 is 28.4 Å². The average molecular weight is 342 g/mol. The minimum atomic E-state index is -0.472. The van der Waals surface area contributed by atoms with Crippen molar-refractivity contribution in [2.75, 3.05) is 12.1 Å². The van der Waals surface area contributed by atoms with E-state index in [4.69, 9.17) is 9.47 Å². The van der Waals surface area contributed by atoms with E-state index in [-0.39, 0.29) is 12.4 Å². The Hall–Kier alpha value is -3.78. The number of nitriles is 1. The van der Waals surface area contributed by atoms with Crippen LogP contribution in [0.5, 0.6) is 11.5 Å². The van der Waals surface area contributed by atoms with Crippen LogP contribution in [0.15, 0.2) is 66.2 Å². The number of hydrogen-bond donors (Lipinski definition) is 1. The zero-order valence-corrected chi connectivity index (χ0v) is 13.7. The van der Waals surface area contributed by atoms with Gasteiger partial charge in [-0.3, -0.25) is 4.79 Å². The molecule has 0 saturated carbocycles. The Labute approximate surface area is 150 Å². The highest BCUT2D eigenvalue weighted by Gasteiger charge is 2.18. The van der Waals surface area contributed by atoms with Gasteiger partial charge in [0.25, 0.3) is 5.91 Å². The highest BCUT2D eigenvalue weighted by atomic mass is 16.7. The Bertz CT molecular complexity index is 1070. The molecule has 5 heteroatoms. The van der Waals surface area contributed by atoms with Gasteiger partial charge in [-0.15, -0.1) is 0 Å². The minimum absolute atomic E-state index is 0.0122. The lowest BCUT2D eigenvalue weighted by atomic mass is 10.1. The Morgan fingerprint density at radius 2 is 1.85 bits per heavy atom. The number of fused-ring (bicyclic) bond motifs is 2. The largest absolute Gasteiger partial charge is 0.454 e. The van der Waals surface area contributed by atoms with E-state index in [2.05, 4.69) is 5.32 Å². The maximum absolute atomic E-state index is 12.6. The molecule has 1 aliphatic rings. The molecule has 1 amide bonds. The summed E-state index contributed by atoms with van der Waals surface area (Å²) in [5.74, 6) is 0.670. The lowest BCUT2D eigenvalue weighted by molar-refractivity contribution is -0.112. The van der Waals surface area contributed by atoms with Gasteiger partial charge in [-0.1, -0.05) is 48.5 Å². The second-order valence-corrected chi connectivity index (χ2v) is 5.73. The molecule has 3 aromatic rings. The summed E-state index contributed by atoms with van der Waals surface area (Å²) in [7, 11) is 0. The van der Waals surface area contributed by atoms with Crippen molar-refractivity contribution in [3.8, 4) is 17.6 Å². The smallest absolute Gasteiger partial charge is 0.266 e. The van der Waals surface area contributed by atoms with Crippen LogP contribution in [-0.2, 0) is 4.79 Å². The molecule has 1 N–H and O–H groups in total. The van der Waals surface area contributed by atoms with E-state index in [1.165, 1.54) is 6.08 Å². The number of hydrogen-bond acceptors (Lipinski definition) is 4. The first-order valence-corrected chi connectivity index (χ1v) is 8.06. The molecule has 0 saturated heterocycles. The van der Waals surface area contributed by atoms with Crippen LogP contribution >= 0.6 is 0 Å². The quantitative estimate of drug-likeness (QED) is 0.574. The Morgan fingerprint density at radius 3 is 2.73 bits per heavy atom. The van der Waals surface area contributed by atoms with Gasteiger partial charge < -0.3 is 14.8 Å². The number of nitrogens with one attached hydrogen (secondary N) is 1. The van der Waals surface area contributed by atoms with E-state index in [0.717, 1.165) is 10.8 Å². The summed E-state index contributed by atoms with van der Waals surface area (Å²) in [6.45, 7) is 0.129. The van der Waals surface area contributed by atoms with Gasteiger partial charge in [0.1, 0.15) is 11.6 Å². The van der Waals surface area contributed by atoms with Gasteiger partial charge in [0.05, 0.1) is 0 Å². The molecule has 4 rings (SSSR count). The molecule has 5 nitrogen and oxygen atoms in total. The second-order valence-electron chi connectivity index (χ2n) is 5.73. The average Bonchev–Trinajstić information content (AvgIpc) is 3.16. The number of amides is 1. The standard InChI is InChI=1S/C21H14N2O3/c22-12-16(11-15-7-4-10-19-20(15)26-13-25-19)21(24)23-18-9-3-6-14-5-1-2-8-17(14)18/h1-11H,13H2,(H,23,24)/b16-11-. The van der Waals surface area contributed by atoms with Crippen molar-refractivity contribution in [2.24, 2.45) is 0 Å². The van der Waals surface area contributed by atoms with Crippen molar-refractivity contribution in [1.29, 1.82) is 5.26 Å². The molecule has 0 radical (unpaired) electrons. The van der Waals surface area contributed by atoms with Gasteiger partial charge in [0.15, 0.2) is 11.5 Å². The Morgan fingerprint density at radius 1 is 1.04 bits per heavy atom. The third-order valence-electron chi connectivity index (χ3n) is 4.13. The lowest BCUT2D eigenvalue weighted by Gasteiger charge is -2.08. The normalized spacial score (nSPS) is 12.7. The zero-order valence-electron chi connectivity index (χ0n) is 13.7. The molecule has 1 aliphatic heterocycles. The van der Waals surface area contributed by atoms with Crippen molar-refractivity contribution in [3.05, 3.63) is 71.8 Å². The summed E-state index contributed by atoms with van der Waals surface area (Å²) in [5, 5.41) is 14.2. The minimum Gasteiger partial charge on any atom is -0.454 e. The van der Waals surface area contributed by atoms with Crippen LogP contribution in [0.25, 0.3) is 16.8 Å². The number of nitrogens with zero attached hydrogens (tertiary/aromatic N) is 1. The van der Waals surface area contributed by atoms with Gasteiger partial charge in [-0.25, -0.2) is 0 Å². The Balaban J connectivity index is 1.66. The molecule has 1 heterocycles. The van der Waals surface area contributed by atoms with Crippen molar-refractivity contribution in [1.82, 2.24) is 0 Å². The summed E-state index contributed by atoms with van der Waals surface area (Å²) in [6.07, 6.45) is 1.51. The van der Waals surface area contributed by atoms with Gasteiger partial charge in [0.2, 0.25) is 6.79 Å². The number of ether oxygens (including phenoxy) is 2. The summed E-state index contributed by atoms with van der Waals surface area (Å²) in [4.78, 5) is 12.6. The number of rotatable bonds is 3. The number of anilines is 1. The van der Waals surface area contributed by atoms with Crippen molar-refractivity contribution in [3.63, 3.8) is 0 Å². The summed E-state index contributed by atoms with van der Waals surface area (Å²) in [5.41, 5.74) is 1.28. The molecular formula is C21H14N2O3. The van der Waals surface area contributed by atoms with Crippen LogP contribution in [0.1, 0.15) is 5.56 Å². The predicted molar refractivity (Wildman–Crippen MR) is 98.7 cm³/mol. The van der Waals surface area contributed by atoms with E-state index in [1.54, 1.807) is 18.2 Å². The lowest BCUT2D eigenvalue weighted by Crippen LogP contribution is -2.13. The highest BCUT2D eigenvalue weighted by Crippen LogP contribution is 2.36. The molecule has 3 aromatic carbocycles. The summed E-state index contributed by atoms with van der Waals surface area (Å²) >= 11 is 0. The Kier molecular flexibility index (Phi) is 4.00. The summed E-state index contributed by atoms with van der Waals surface area (Å²) < 4.78 is 10.7. The molecule has 0 aromatic heterocycles. The SMILES string of the molecule is N#C/C(=C/c1cccc2c1OCO2)C(=O)Nc1cccc2ccccc12. The number of benzene rings is 3. The van der Waals surface area contributed by atoms with Crippen LogP contribution in [0.2, 0.25) is 0 Å². The molecule has 0 fully saturated rings.